The minimum absolute atomic E-state index is 0.0246. The summed E-state index contributed by atoms with van der Waals surface area (Å²) in [4.78, 5) is 12.6. The van der Waals surface area contributed by atoms with Gasteiger partial charge in [0, 0.05) is 4.83 Å². The fourth-order valence-electron chi connectivity index (χ4n) is 6.58. The summed E-state index contributed by atoms with van der Waals surface area (Å²) in [6.45, 7) is 5.00. The number of rotatable bonds is 0. The topological polar surface area (TPSA) is 17.1 Å². The molecule has 122 valence electrons. The van der Waals surface area contributed by atoms with Crippen molar-refractivity contribution in [1.29, 1.82) is 0 Å². The third kappa shape index (κ3) is 2.10. The van der Waals surface area contributed by atoms with Crippen LogP contribution in [-0.4, -0.2) is 15.4 Å². The monoisotopic (exact) mass is 428 g/mol. The molecule has 0 aliphatic heterocycles. The van der Waals surface area contributed by atoms with Crippen LogP contribution in [0.15, 0.2) is 11.6 Å². The van der Waals surface area contributed by atoms with Crippen molar-refractivity contribution >= 4 is 37.6 Å². The first-order chi connectivity index (χ1) is 10.3. The van der Waals surface area contributed by atoms with Crippen LogP contribution in [0, 0.1) is 28.6 Å². The van der Waals surface area contributed by atoms with Gasteiger partial charge in [-0.1, -0.05) is 52.1 Å². The molecule has 0 aromatic rings. The second-order valence-corrected chi connectivity index (χ2v) is 11.0. The van der Waals surface area contributed by atoms with Crippen LogP contribution < -0.4 is 0 Å². The van der Waals surface area contributed by atoms with Crippen LogP contribution in [0.3, 0.4) is 0 Å². The van der Waals surface area contributed by atoms with Gasteiger partial charge in [0.15, 0.2) is 5.78 Å². The molecule has 0 spiro atoms. The van der Waals surface area contributed by atoms with Crippen LogP contribution >= 0.6 is 31.9 Å². The Morgan fingerprint density at radius 1 is 1.09 bits per heavy atom. The molecule has 0 amide bonds. The highest BCUT2D eigenvalue weighted by Crippen LogP contribution is 2.66. The minimum atomic E-state index is 0.0246. The first-order valence-corrected chi connectivity index (χ1v) is 10.7. The number of carbonyl (C=O) groups excluding carboxylic acids is 1. The Kier molecular flexibility index (Phi) is 3.74. The van der Waals surface area contributed by atoms with Crippen LogP contribution in [-0.2, 0) is 4.79 Å². The average molecular weight is 430 g/mol. The van der Waals surface area contributed by atoms with Crippen molar-refractivity contribution in [3.63, 3.8) is 0 Å². The third-order valence-electron chi connectivity index (χ3n) is 7.72. The Morgan fingerprint density at radius 2 is 1.86 bits per heavy atom. The van der Waals surface area contributed by atoms with Crippen molar-refractivity contribution in [3.05, 3.63) is 11.6 Å². The van der Waals surface area contributed by atoms with Crippen LogP contribution in [0.4, 0.5) is 0 Å². The Bertz CT molecular complexity index is 542. The summed E-state index contributed by atoms with van der Waals surface area (Å²) in [5, 5.41) is 0. The molecule has 0 saturated heterocycles. The number of alkyl halides is 2. The fraction of sp³-hybridized carbons (Fsp3) is 0.842. The van der Waals surface area contributed by atoms with E-state index in [1.807, 2.05) is 6.08 Å². The maximum absolute atomic E-state index is 12.2. The number of ketones is 1. The smallest absolute Gasteiger partial charge is 0.169 e. The number of halogens is 2. The molecule has 3 heteroatoms. The van der Waals surface area contributed by atoms with Crippen molar-refractivity contribution in [2.45, 2.75) is 68.4 Å². The standard InChI is InChI=1S/C19H26Br2O/c1-18-6-3-4-12(18)11-8-15(20)14-9-17(22)16(21)10-19(14,2)13(11)5-7-18/h9,11-13,15-16H,3-8,10H2,1-2H3/t11-,12-,13-,15?,16?,18-,19+/m0/s1. The number of fused-ring (bicyclic) bond motifs is 5. The molecule has 4 rings (SSSR count). The lowest BCUT2D eigenvalue weighted by molar-refractivity contribution is -0.116. The summed E-state index contributed by atoms with van der Waals surface area (Å²) < 4.78 is 0. The molecule has 0 heterocycles. The van der Waals surface area contributed by atoms with Gasteiger partial charge < -0.3 is 0 Å². The van der Waals surface area contributed by atoms with Crippen LogP contribution in [0.2, 0.25) is 0 Å². The molecule has 22 heavy (non-hydrogen) atoms. The zero-order chi connectivity index (χ0) is 15.7. The highest BCUT2D eigenvalue weighted by molar-refractivity contribution is 9.10. The first kappa shape index (κ1) is 15.9. The molecule has 0 bridgehead atoms. The molecule has 0 N–H and O–H groups in total. The normalized spacial score (nSPS) is 54.3. The molecule has 4 aliphatic rings. The van der Waals surface area contributed by atoms with Gasteiger partial charge in [0.2, 0.25) is 0 Å². The Labute approximate surface area is 150 Å². The van der Waals surface area contributed by atoms with Gasteiger partial charge in [0.05, 0.1) is 4.83 Å². The lowest BCUT2D eigenvalue weighted by Gasteiger charge is -2.59. The van der Waals surface area contributed by atoms with E-state index in [9.17, 15) is 4.79 Å². The predicted molar refractivity (Wildman–Crippen MR) is 97.5 cm³/mol. The molecular weight excluding hydrogens is 404 g/mol. The Balaban J connectivity index is 1.74. The Morgan fingerprint density at radius 3 is 2.64 bits per heavy atom. The maximum atomic E-state index is 12.2. The second-order valence-electron chi connectivity index (χ2n) is 8.76. The SMILES string of the molecule is C[C@@]12CCC[C@H]1[C@@H]1CC(Br)C3=CC(=O)C(Br)C[C@]3(C)[C@H]1CC2. The number of allylic oxidation sites excluding steroid dienone is 1. The number of carbonyl (C=O) groups is 1. The maximum Gasteiger partial charge on any atom is 0.169 e. The zero-order valence-corrected chi connectivity index (χ0v) is 16.8. The summed E-state index contributed by atoms with van der Waals surface area (Å²) in [7, 11) is 0. The van der Waals surface area contributed by atoms with Gasteiger partial charge >= 0.3 is 0 Å². The van der Waals surface area contributed by atoms with Gasteiger partial charge in [0.25, 0.3) is 0 Å². The van der Waals surface area contributed by atoms with Gasteiger partial charge in [-0.2, -0.15) is 0 Å². The highest BCUT2D eigenvalue weighted by atomic mass is 79.9. The summed E-state index contributed by atoms with van der Waals surface area (Å²) >= 11 is 7.60. The van der Waals surface area contributed by atoms with E-state index in [4.69, 9.17) is 0 Å². The van der Waals surface area contributed by atoms with Gasteiger partial charge in [-0.15, -0.1) is 0 Å². The molecule has 7 atom stereocenters. The van der Waals surface area contributed by atoms with Crippen LogP contribution in [0.25, 0.3) is 0 Å². The predicted octanol–water partition coefficient (Wildman–Crippen LogP) is 5.66. The van der Waals surface area contributed by atoms with E-state index >= 15 is 0 Å². The zero-order valence-electron chi connectivity index (χ0n) is 13.6. The van der Waals surface area contributed by atoms with E-state index in [1.54, 1.807) is 0 Å². The third-order valence-corrected chi connectivity index (χ3v) is 9.36. The second kappa shape index (κ2) is 5.18. The van der Waals surface area contributed by atoms with Crippen LogP contribution in [0.5, 0.6) is 0 Å². The van der Waals surface area contributed by atoms with E-state index in [0.29, 0.717) is 10.2 Å². The molecule has 0 aromatic heterocycles. The highest BCUT2D eigenvalue weighted by Gasteiger charge is 2.58. The molecule has 2 unspecified atom stereocenters. The molecular formula is C19H26Br2O. The number of hydrogen-bond acceptors (Lipinski definition) is 1. The van der Waals surface area contributed by atoms with Crippen LogP contribution in [0.1, 0.15) is 58.8 Å². The van der Waals surface area contributed by atoms with Gasteiger partial charge in [-0.3, -0.25) is 4.79 Å². The average Bonchev–Trinajstić information content (AvgIpc) is 2.84. The summed E-state index contributed by atoms with van der Waals surface area (Å²) in [6, 6.07) is 0. The number of hydrogen-bond donors (Lipinski definition) is 0. The van der Waals surface area contributed by atoms with Crippen molar-refractivity contribution in [3.8, 4) is 0 Å². The fourth-order valence-corrected chi connectivity index (χ4v) is 8.47. The summed E-state index contributed by atoms with van der Waals surface area (Å²) in [6.07, 6.45) is 11.3. The van der Waals surface area contributed by atoms with E-state index in [0.717, 1.165) is 24.2 Å². The van der Waals surface area contributed by atoms with E-state index in [2.05, 4.69) is 45.7 Å². The molecule has 3 saturated carbocycles. The first-order valence-electron chi connectivity index (χ1n) is 8.89. The summed E-state index contributed by atoms with van der Waals surface area (Å²) in [5.41, 5.74) is 2.21. The lowest BCUT2D eigenvalue weighted by Crippen LogP contribution is -2.53. The van der Waals surface area contributed by atoms with Gasteiger partial charge in [0.1, 0.15) is 0 Å². The molecule has 4 aliphatic carbocycles. The van der Waals surface area contributed by atoms with Crippen molar-refractivity contribution in [2.24, 2.45) is 28.6 Å². The molecule has 0 aromatic carbocycles. The van der Waals surface area contributed by atoms with Gasteiger partial charge in [-0.05, 0) is 78.8 Å². The van der Waals surface area contributed by atoms with E-state index in [1.165, 1.54) is 44.1 Å². The largest absolute Gasteiger partial charge is 0.294 e. The molecule has 1 nitrogen and oxygen atoms in total. The lowest BCUT2D eigenvalue weighted by atomic mass is 9.47. The Hall–Kier alpha value is 0.370. The minimum Gasteiger partial charge on any atom is -0.294 e. The van der Waals surface area contributed by atoms with Crippen molar-refractivity contribution in [2.75, 3.05) is 0 Å². The van der Waals surface area contributed by atoms with E-state index in [-0.39, 0.29) is 16.0 Å². The van der Waals surface area contributed by atoms with Crippen molar-refractivity contribution < 1.29 is 4.79 Å². The van der Waals surface area contributed by atoms with Crippen molar-refractivity contribution in [1.82, 2.24) is 0 Å². The summed E-state index contributed by atoms with van der Waals surface area (Å²) in [5.74, 6) is 2.81. The molecule has 0 radical (unpaired) electrons. The van der Waals surface area contributed by atoms with E-state index < -0.39 is 0 Å². The quantitative estimate of drug-likeness (QED) is 0.454. The molecule has 3 fully saturated rings. The van der Waals surface area contributed by atoms with Gasteiger partial charge in [-0.25, -0.2) is 0 Å².